The van der Waals surface area contributed by atoms with Crippen molar-refractivity contribution in [2.45, 2.75) is 26.2 Å². The zero-order valence-electron chi connectivity index (χ0n) is 9.35. The topological polar surface area (TPSA) is 33.3 Å². The molecule has 84 valence electrons. The van der Waals surface area contributed by atoms with E-state index in [0.717, 1.165) is 45.3 Å². The molecule has 0 spiro atoms. The summed E-state index contributed by atoms with van der Waals surface area (Å²) < 4.78 is 5.43. The van der Waals surface area contributed by atoms with Crippen molar-refractivity contribution in [2.24, 2.45) is 5.92 Å². The van der Waals surface area contributed by atoms with Gasteiger partial charge in [-0.05, 0) is 44.8 Å². The van der Waals surface area contributed by atoms with Gasteiger partial charge in [-0.15, -0.1) is 0 Å². The Labute approximate surface area is 87.6 Å². The summed E-state index contributed by atoms with van der Waals surface area (Å²) in [5, 5.41) is 6.82. The molecular weight excluding hydrogens is 176 g/mol. The average Bonchev–Trinajstić information content (AvgIpc) is 2.25. The lowest BCUT2D eigenvalue weighted by Gasteiger charge is -2.22. The van der Waals surface area contributed by atoms with Gasteiger partial charge in [-0.2, -0.15) is 0 Å². The van der Waals surface area contributed by atoms with Crippen molar-refractivity contribution >= 4 is 0 Å². The van der Waals surface area contributed by atoms with Crippen molar-refractivity contribution in [2.75, 3.05) is 39.4 Å². The lowest BCUT2D eigenvalue weighted by atomic mass is 10.0. The van der Waals surface area contributed by atoms with Crippen LogP contribution in [0, 0.1) is 5.92 Å². The predicted octanol–water partition coefficient (Wildman–Crippen LogP) is 1.00. The Morgan fingerprint density at radius 3 is 2.86 bits per heavy atom. The van der Waals surface area contributed by atoms with Crippen LogP contribution in [0.3, 0.4) is 0 Å². The van der Waals surface area contributed by atoms with Crippen LogP contribution in [0.1, 0.15) is 26.2 Å². The molecular formula is C11H24N2O. The summed E-state index contributed by atoms with van der Waals surface area (Å²) in [4.78, 5) is 0. The van der Waals surface area contributed by atoms with Crippen molar-refractivity contribution in [1.29, 1.82) is 0 Å². The molecule has 0 aromatic heterocycles. The first-order valence-electron chi connectivity index (χ1n) is 5.92. The Balaban J connectivity index is 1.82. The van der Waals surface area contributed by atoms with Gasteiger partial charge in [0.25, 0.3) is 0 Å². The minimum absolute atomic E-state index is 0.753. The van der Waals surface area contributed by atoms with E-state index >= 15 is 0 Å². The van der Waals surface area contributed by atoms with Crippen LogP contribution in [-0.4, -0.2) is 39.4 Å². The third-order valence-electron chi connectivity index (χ3n) is 2.64. The Kier molecular flexibility index (Phi) is 7.01. The van der Waals surface area contributed by atoms with E-state index in [0.29, 0.717) is 0 Å². The van der Waals surface area contributed by atoms with Crippen molar-refractivity contribution in [1.82, 2.24) is 10.6 Å². The lowest BCUT2D eigenvalue weighted by molar-refractivity contribution is 0.0549. The van der Waals surface area contributed by atoms with Crippen molar-refractivity contribution in [3.63, 3.8) is 0 Å². The molecule has 0 saturated carbocycles. The monoisotopic (exact) mass is 200 g/mol. The van der Waals surface area contributed by atoms with E-state index in [2.05, 4.69) is 17.6 Å². The summed E-state index contributed by atoms with van der Waals surface area (Å²) in [7, 11) is 0. The first-order chi connectivity index (χ1) is 6.93. The van der Waals surface area contributed by atoms with Gasteiger partial charge in [-0.1, -0.05) is 6.92 Å². The van der Waals surface area contributed by atoms with Gasteiger partial charge >= 0.3 is 0 Å². The largest absolute Gasteiger partial charge is 0.381 e. The molecule has 1 atom stereocenters. The highest BCUT2D eigenvalue weighted by molar-refractivity contribution is 4.65. The second-order valence-electron chi connectivity index (χ2n) is 3.99. The maximum absolute atomic E-state index is 5.43. The minimum atomic E-state index is 0.753. The van der Waals surface area contributed by atoms with E-state index < -0.39 is 0 Å². The zero-order valence-corrected chi connectivity index (χ0v) is 9.35. The van der Waals surface area contributed by atoms with E-state index in [1.165, 1.54) is 19.3 Å². The van der Waals surface area contributed by atoms with Crippen LogP contribution in [0.2, 0.25) is 0 Å². The third-order valence-corrected chi connectivity index (χ3v) is 2.64. The van der Waals surface area contributed by atoms with Crippen LogP contribution in [0.15, 0.2) is 0 Å². The first kappa shape index (κ1) is 12.0. The Hall–Kier alpha value is -0.120. The van der Waals surface area contributed by atoms with Gasteiger partial charge in [0.15, 0.2) is 0 Å². The molecule has 2 N–H and O–H groups in total. The number of rotatable bonds is 7. The molecule has 1 aliphatic heterocycles. The van der Waals surface area contributed by atoms with Gasteiger partial charge in [0, 0.05) is 13.2 Å². The fourth-order valence-corrected chi connectivity index (χ4v) is 1.79. The van der Waals surface area contributed by atoms with Crippen molar-refractivity contribution < 1.29 is 4.74 Å². The highest BCUT2D eigenvalue weighted by Gasteiger charge is 2.12. The molecule has 3 nitrogen and oxygen atoms in total. The number of hydrogen-bond donors (Lipinski definition) is 2. The SMILES string of the molecule is CCNCCCNCC1CCCOC1. The fraction of sp³-hybridized carbons (Fsp3) is 1.00. The van der Waals surface area contributed by atoms with Crippen LogP contribution in [0.4, 0.5) is 0 Å². The average molecular weight is 200 g/mol. The highest BCUT2D eigenvalue weighted by atomic mass is 16.5. The van der Waals surface area contributed by atoms with Crippen molar-refractivity contribution in [3.05, 3.63) is 0 Å². The summed E-state index contributed by atoms with van der Waals surface area (Å²) in [6.45, 7) is 8.54. The Morgan fingerprint density at radius 2 is 2.14 bits per heavy atom. The van der Waals surface area contributed by atoms with Crippen LogP contribution >= 0.6 is 0 Å². The lowest BCUT2D eigenvalue weighted by Crippen LogP contribution is -2.30. The molecule has 0 amide bonds. The van der Waals surface area contributed by atoms with E-state index in [1.807, 2.05) is 0 Å². The van der Waals surface area contributed by atoms with E-state index in [1.54, 1.807) is 0 Å². The minimum Gasteiger partial charge on any atom is -0.381 e. The first-order valence-corrected chi connectivity index (χ1v) is 5.92. The van der Waals surface area contributed by atoms with E-state index in [9.17, 15) is 0 Å². The molecule has 1 aliphatic rings. The zero-order chi connectivity index (χ0) is 10.1. The third kappa shape index (κ3) is 5.58. The summed E-state index contributed by atoms with van der Waals surface area (Å²) in [5.41, 5.74) is 0. The van der Waals surface area contributed by atoms with Gasteiger partial charge in [0.05, 0.1) is 6.61 Å². The van der Waals surface area contributed by atoms with Crippen molar-refractivity contribution in [3.8, 4) is 0 Å². The Morgan fingerprint density at radius 1 is 1.29 bits per heavy atom. The van der Waals surface area contributed by atoms with Gasteiger partial charge in [-0.25, -0.2) is 0 Å². The number of hydrogen-bond acceptors (Lipinski definition) is 3. The Bertz CT molecular complexity index is 124. The molecule has 1 fully saturated rings. The predicted molar refractivity (Wildman–Crippen MR) is 59.6 cm³/mol. The standard InChI is InChI=1S/C11H24N2O/c1-2-12-6-4-7-13-9-11-5-3-8-14-10-11/h11-13H,2-10H2,1H3. The fourth-order valence-electron chi connectivity index (χ4n) is 1.79. The molecule has 14 heavy (non-hydrogen) atoms. The number of nitrogens with one attached hydrogen (secondary N) is 2. The van der Waals surface area contributed by atoms with Gasteiger partial charge < -0.3 is 15.4 Å². The molecule has 1 saturated heterocycles. The van der Waals surface area contributed by atoms with Gasteiger partial charge in [0.1, 0.15) is 0 Å². The molecule has 1 rings (SSSR count). The smallest absolute Gasteiger partial charge is 0.0506 e. The maximum atomic E-state index is 5.43. The molecule has 0 bridgehead atoms. The molecule has 0 aromatic rings. The van der Waals surface area contributed by atoms with Crippen LogP contribution in [0.25, 0.3) is 0 Å². The number of ether oxygens (including phenoxy) is 1. The molecule has 1 heterocycles. The van der Waals surface area contributed by atoms with Crippen LogP contribution in [-0.2, 0) is 4.74 Å². The van der Waals surface area contributed by atoms with E-state index in [4.69, 9.17) is 4.74 Å². The second-order valence-corrected chi connectivity index (χ2v) is 3.99. The molecule has 1 unspecified atom stereocenters. The van der Waals surface area contributed by atoms with E-state index in [-0.39, 0.29) is 0 Å². The summed E-state index contributed by atoms with van der Waals surface area (Å²) in [6, 6.07) is 0. The highest BCUT2D eigenvalue weighted by Crippen LogP contribution is 2.11. The van der Waals surface area contributed by atoms with Crippen LogP contribution < -0.4 is 10.6 Å². The van der Waals surface area contributed by atoms with Crippen LogP contribution in [0.5, 0.6) is 0 Å². The molecule has 0 aliphatic carbocycles. The quantitative estimate of drug-likeness (QED) is 0.602. The summed E-state index contributed by atoms with van der Waals surface area (Å²) in [5.74, 6) is 0.753. The normalized spacial score (nSPS) is 22.5. The molecule has 0 radical (unpaired) electrons. The molecule has 3 heteroatoms. The molecule has 0 aromatic carbocycles. The second kappa shape index (κ2) is 8.21. The van der Waals surface area contributed by atoms with Gasteiger partial charge in [-0.3, -0.25) is 0 Å². The summed E-state index contributed by atoms with van der Waals surface area (Å²) in [6.07, 6.45) is 3.80. The maximum Gasteiger partial charge on any atom is 0.0506 e. The van der Waals surface area contributed by atoms with Gasteiger partial charge in [0.2, 0.25) is 0 Å². The summed E-state index contributed by atoms with van der Waals surface area (Å²) >= 11 is 0.